The minimum absolute atomic E-state index is 0.121. The van der Waals surface area contributed by atoms with Crippen LogP contribution in [-0.2, 0) is 4.74 Å². The molecular weight excluding hydrogens is 194 g/mol. The lowest BCUT2D eigenvalue weighted by Gasteiger charge is -2.08. The number of ether oxygens (including phenoxy) is 1. The number of carbonyl (C=O) groups is 1. The van der Waals surface area contributed by atoms with E-state index in [4.69, 9.17) is 21.5 Å². The monoisotopic (exact) mass is 205 g/mol. The van der Waals surface area contributed by atoms with Crippen molar-refractivity contribution in [1.82, 2.24) is 0 Å². The Labute approximate surface area is 87.2 Å². The van der Waals surface area contributed by atoms with E-state index >= 15 is 0 Å². The van der Waals surface area contributed by atoms with Crippen molar-refractivity contribution in [2.24, 2.45) is 0 Å². The molecule has 0 atom stereocenters. The molecule has 0 aromatic heterocycles. The first-order chi connectivity index (χ1) is 7.10. The van der Waals surface area contributed by atoms with Crippen LogP contribution in [0.4, 0.5) is 11.4 Å². The minimum atomic E-state index is -0.572. The summed E-state index contributed by atoms with van der Waals surface area (Å²) < 4.78 is 4.78. The van der Waals surface area contributed by atoms with Gasteiger partial charge in [-0.3, -0.25) is 0 Å². The summed E-state index contributed by atoms with van der Waals surface area (Å²) in [6.45, 7) is 1.94. The van der Waals surface area contributed by atoms with Crippen LogP contribution < -0.4 is 11.5 Å². The first-order valence-electron chi connectivity index (χ1n) is 4.36. The van der Waals surface area contributed by atoms with E-state index in [1.165, 1.54) is 12.1 Å². The summed E-state index contributed by atoms with van der Waals surface area (Å²) in [6.07, 6.45) is 0. The Morgan fingerprint density at radius 3 is 2.40 bits per heavy atom. The van der Waals surface area contributed by atoms with E-state index in [0.29, 0.717) is 5.56 Å². The van der Waals surface area contributed by atoms with Crippen LogP contribution in [0.1, 0.15) is 22.8 Å². The van der Waals surface area contributed by atoms with Crippen molar-refractivity contribution < 1.29 is 9.53 Å². The van der Waals surface area contributed by atoms with Gasteiger partial charge >= 0.3 is 5.97 Å². The second-order valence-electron chi connectivity index (χ2n) is 2.86. The average Bonchev–Trinajstić information content (AvgIpc) is 2.16. The molecule has 0 aliphatic carbocycles. The molecule has 1 aromatic rings. The minimum Gasteiger partial charge on any atom is -0.462 e. The lowest BCUT2D eigenvalue weighted by Crippen LogP contribution is -2.11. The molecule has 78 valence electrons. The molecule has 0 aliphatic heterocycles. The van der Waals surface area contributed by atoms with Gasteiger partial charge < -0.3 is 16.2 Å². The second-order valence-corrected chi connectivity index (χ2v) is 2.86. The van der Waals surface area contributed by atoms with Crippen LogP contribution in [-0.4, -0.2) is 12.6 Å². The molecule has 0 aliphatic rings. The van der Waals surface area contributed by atoms with E-state index in [-0.39, 0.29) is 23.5 Å². The van der Waals surface area contributed by atoms with Gasteiger partial charge in [-0.15, -0.1) is 0 Å². The van der Waals surface area contributed by atoms with E-state index in [9.17, 15) is 4.79 Å². The SMILES string of the molecule is CCOC(=O)c1c(N)cc(C#N)cc1N. The van der Waals surface area contributed by atoms with Crippen molar-refractivity contribution in [1.29, 1.82) is 5.26 Å². The van der Waals surface area contributed by atoms with Gasteiger partial charge in [0.2, 0.25) is 0 Å². The van der Waals surface area contributed by atoms with E-state index in [2.05, 4.69) is 0 Å². The van der Waals surface area contributed by atoms with Crippen LogP contribution in [0.2, 0.25) is 0 Å². The van der Waals surface area contributed by atoms with Crippen LogP contribution in [0, 0.1) is 11.3 Å². The second kappa shape index (κ2) is 4.33. The lowest BCUT2D eigenvalue weighted by atomic mass is 10.1. The van der Waals surface area contributed by atoms with Gasteiger partial charge in [0.05, 0.1) is 18.2 Å². The molecule has 0 saturated heterocycles. The first-order valence-corrected chi connectivity index (χ1v) is 4.36. The Kier molecular flexibility index (Phi) is 3.13. The molecule has 0 bridgehead atoms. The number of nitrogens with zero attached hydrogens (tertiary/aromatic N) is 1. The molecule has 0 amide bonds. The Morgan fingerprint density at radius 2 is 2.00 bits per heavy atom. The van der Waals surface area contributed by atoms with E-state index < -0.39 is 5.97 Å². The van der Waals surface area contributed by atoms with E-state index in [0.717, 1.165) is 0 Å². The summed E-state index contributed by atoms with van der Waals surface area (Å²) in [7, 11) is 0. The van der Waals surface area contributed by atoms with Gasteiger partial charge in [0.15, 0.2) is 0 Å². The van der Waals surface area contributed by atoms with Crippen molar-refractivity contribution in [2.45, 2.75) is 6.92 Å². The van der Waals surface area contributed by atoms with Gasteiger partial charge in [-0.25, -0.2) is 4.79 Å². The molecule has 0 radical (unpaired) electrons. The summed E-state index contributed by atoms with van der Waals surface area (Å²) in [5.41, 5.74) is 11.9. The molecule has 5 heteroatoms. The van der Waals surface area contributed by atoms with Crippen LogP contribution in [0.3, 0.4) is 0 Å². The number of nitrogen functional groups attached to an aromatic ring is 2. The number of anilines is 2. The summed E-state index contributed by atoms with van der Waals surface area (Å²) in [5.74, 6) is -0.572. The Morgan fingerprint density at radius 1 is 1.47 bits per heavy atom. The van der Waals surface area contributed by atoms with Crippen LogP contribution in [0.5, 0.6) is 0 Å². The van der Waals surface area contributed by atoms with Gasteiger partial charge in [-0.2, -0.15) is 5.26 Å². The predicted molar refractivity (Wildman–Crippen MR) is 55.9 cm³/mol. The third kappa shape index (κ3) is 2.17. The summed E-state index contributed by atoms with van der Waals surface area (Å²) in [4.78, 5) is 11.4. The summed E-state index contributed by atoms with van der Waals surface area (Å²) in [6, 6.07) is 4.68. The van der Waals surface area contributed by atoms with Crippen molar-refractivity contribution in [3.8, 4) is 6.07 Å². The molecule has 1 rings (SSSR count). The molecule has 15 heavy (non-hydrogen) atoms. The highest BCUT2D eigenvalue weighted by Gasteiger charge is 2.15. The molecular formula is C10H11N3O2. The quantitative estimate of drug-likeness (QED) is 0.551. The van der Waals surface area contributed by atoms with Gasteiger partial charge in [-0.05, 0) is 19.1 Å². The number of esters is 1. The zero-order valence-electron chi connectivity index (χ0n) is 8.28. The van der Waals surface area contributed by atoms with Crippen LogP contribution >= 0.6 is 0 Å². The molecule has 0 saturated carbocycles. The number of nitriles is 1. The van der Waals surface area contributed by atoms with Crippen LogP contribution in [0.25, 0.3) is 0 Å². The summed E-state index contributed by atoms with van der Waals surface area (Å²) in [5, 5.41) is 8.64. The van der Waals surface area contributed by atoms with Crippen molar-refractivity contribution in [3.05, 3.63) is 23.3 Å². The highest BCUT2D eigenvalue weighted by molar-refractivity contribution is 6.01. The number of nitrogens with two attached hydrogens (primary N) is 2. The van der Waals surface area contributed by atoms with Crippen molar-refractivity contribution in [3.63, 3.8) is 0 Å². The maximum atomic E-state index is 11.4. The number of hydrogen-bond acceptors (Lipinski definition) is 5. The molecule has 1 aromatic carbocycles. The highest BCUT2D eigenvalue weighted by Crippen LogP contribution is 2.22. The Balaban J connectivity index is 3.21. The predicted octanol–water partition coefficient (Wildman–Crippen LogP) is 0.899. The van der Waals surface area contributed by atoms with Crippen molar-refractivity contribution >= 4 is 17.3 Å². The molecule has 0 unspecified atom stereocenters. The third-order valence-electron chi connectivity index (χ3n) is 1.81. The average molecular weight is 205 g/mol. The number of carbonyl (C=O) groups excluding carboxylic acids is 1. The molecule has 0 fully saturated rings. The largest absolute Gasteiger partial charge is 0.462 e. The standard InChI is InChI=1S/C10H11N3O2/c1-2-15-10(14)9-7(12)3-6(5-11)4-8(9)13/h3-4H,2,12-13H2,1H3. The fourth-order valence-electron chi connectivity index (χ4n) is 1.19. The zero-order chi connectivity index (χ0) is 11.4. The van der Waals surface area contributed by atoms with Crippen molar-refractivity contribution in [2.75, 3.05) is 18.1 Å². The number of hydrogen-bond donors (Lipinski definition) is 2. The third-order valence-corrected chi connectivity index (χ3v) is 1.81. The molecule has 4 N–H and O–H groups in total. The lowest BCUT2D eigenvalue weighted by molar-refractivity contribution is 0.0529. The van der Waals surface area contributed by atoms with Gasteiger partial charge in [0.1, 0.15) is 5.56 Å². The maximum absolute atomic E-state index is 11.4. The van der Waals surface area contributed by atoms with Gasteiger partial charge in [0, 0.05) is 11.4 Å². The smallest absolute Gasteiger partial charge is 0.342 e. The fraction of sp³-hybridized carbons (Fsp3) is 0.200. The maximum Gasteiger partial charge on any atom is 0.342 e. The molecule has 0 spiro atoms. The Bertz CT molecular complexity index is 412. The van der Waals surface area contributed by atoms with Gasteiger partial charge in [-0.1, -0.05) is 0 Å². The van der Waals surface area contributed by atoms with E-state index in [1.807, 2.05) is 6.07 Å². The van der Waals surface area contributed by atoms with Crippen LogP contribution in [0.15, 0.2) is 12.1 Å². The zero-order valence-corrected chi connectivity index (χ0v) is 8.28. The normalized spacial score (nSPS) is 9.33. The molecule has 5 nitrogen and oxygen atoms in total. The fourth-order valence-corrected chi connectivity index (χ4v) is 1.19. The van der Waals surface area contributed by atoms with E-state index in [1.54, 1.807) is 6.92 Å². The van der Waals surface area contributed by atoms with Gasteiger partial charge in [0.25, 0.3) is 0 Å². The number of rotatable bonds is 2. The Hall–Kier alpha value is -2.22. The first kappa shape index (κ1) is 10.9. The topological polar surface area (TPSA) is 102 Å². The highest BCUT2D eigenvalue weighted by atomic mass is 16.5. The number of benzene rings is 1. The summed E-state index contributed by atoms with van der Waals surface area (Å²) >= 11 is 0. The molecule has 0 heterocycles.